The standard InChI is InChI=1S/C16H21ClO4/c1-4-5-6-11-20-14(18)16(2,3)15(19)21-13-9-7-12(17)8-10-13/h7-10H,4-6,11H2,1-3H3. The Kier molecular flexibility index (Phi) is 6.69. The van der Waals surface area contributed by atoms with Gasteiger partial charge in [0.1, 0.15) is 5.75 Å². The molecule has 0 heterocycles. The van der Waals surface area contributed by atoms with E-state index in [0.717, 1.165) is 19.3 Å². The first-order valence-electron chi connectivity index (χ1n) is 7.03. The summed E-state index contributed by atoms with van der Waals surface area (Å²) >= 11 is 5.76. The Morgan fingerprint density at radius 3 is 2.29 bits per heavy atom. The van der Waals surface area contributed by atoms with Crippen LogP contribution in [-0.4, -0.2) is 18.5 Å². The van der Waals surface area contributed by atoms with Crippen molar-refractivity contribution in [1.29, 1.82) is 0 Å². The van der Waals surface area contributed by atoms with Gasteiger partial charge in [-0.25, -0.2) is 0 Å². The zero-order chi connectivity index (χ0) is 15.9. The molecule has 0 radical (unpaired) electrons. The Bertz CT molecular complexity index is 480. The third kappa shape index (κ3) is 5.38. The van der Waals surface area contributed by atoms with Crippen LogP contribution in [0.1, 0.15) is 40.0 Å². The molecule has 1 aromatic carbocycles. The minimum atomic E-state index is -1.34. The van der Waals surface area contributed by atoms with Crippen molar-refractivity contribution in [1.82, 2.24) is 0 Å². The number of ether oxygens (including phenoxy) is 2. The summed E-state index contributed by atoms with van der Waals surface area (Å²) in [5.41, 5.74) is -1.34. The van der Waals surface area contributed by atoms with E-state index in [4.69, 9.17) is 21.1 Å². The molecule has 116 valence electrons. The van der Waals surface area contributed by atoms with Crippen LogP contribution in [0.25, 0.3) is 0 Å². The SMILES string of the molecule is CCCCCOC(=O)C(C)(C)C(=O)Oc1ccc(Cl)cc1. The number of esters is 2. The molecule has 0 amide bonds. The minimum absolute atomic E-state index is 0.324. The van der Waals surface area contributed by atoms with Crippen LogP contribution in [0.2, 0.25) is 5.02 Å². The Balaban J connectivity index is 2.57. The molecule has 0 bridgehead atoms. The summed E-state index contributed by atoms with van der Waals surface area (Å²) in [5, 5.41) is 0.546. The highest BCUT2D eigenvalue weighted by molar-refractivity contribution is 6.30. The second-order valence-electron chi connectivity index (χ2n) is 5.31. The van der Waals surface area contributed by atoms with E-state index >= 15 is 0 Å². The molecule has 1 aromatic rings. The van der Waals surface area contributed by atoms with Crippen LogP contribution in [0.4, 0.5) is 0 Å². The molecule has 1 rings (SSSR count). The Morgan fingerprint density at radius 1 is 1.10 bits per heavy atom. The summed E-state index contributed by atoms with van der Waals surface area (Å²) in [4.78, 5) is 24.1. The third-order valence-electron chi connectivity index (χ3n) is 3.03. The van der Waals surface area contributed by atoms with Gasteiger partial charge in [0.05, 0.1) is 6.61 Å². The molecule has 0 aliphatic heterocycles. The topological polar surface area (TPSA) is 52.6 Å². The van der Waals surface area contributed by atoms with Gasteiger partial charge in [-0.15, -0.1) is 0 Å². The maximum absolute atomic E-state index is 12.1. The first-order valence-corrected chi connectivity index (χ1v) is 7.40. The third-order valence-corrected chi connectivity index (χ3v) is 3.28. The highest BCUT2D eigenvalue weighted by atomic mass is 35.5. The van der Waals surface area contributed by atoms with Gasteiger partial charge in [0.25, 0.3) is 0 Å². The monoisotopic (exact) mass is 312 g/mol. The van der Waals surface area contributed by atoms with Crippen molar-refractivity contribution >= 4 is 23.5 Å². The maximum atomic E-state index is 12.1. The largest absolute Gasteiger partial charge is 0.465 e. The normalized spacial score (nSPS) is 11.0. The molecule has 0 saturated carbocycles. The first kappa shape index (κ1) is 17.5. The average molecular weight is 313 g/mol. The van der Waals surface area contributed by atoms with Gasteiger partial charge in [0.2, 0.25) is 0 Å². The number of unbranched alkanes of at least 4 members (excludes halogenated alkanes) is 2. The van der Waals surface area contributed by atoms with E-state index in [1.807, 2.05) is 0 Å². The minimum Gasteiger partial charge on any atom is -0.465 e. The molecule has 0 unspecified atom stereocenters. The van der Waals surface area contributed by atoms with Gasteiger partial charge in [0.15, 0.2) is 5.41 Å². The molecule has 4 nitrogen and oxygen atoms in total. The lowest BCUT2D eigenvalue weighted by atomic mass is 9.94. The predicted molar refractivity (Wildman–Crippen MR) is 81.4 cm³/mol. The van der Waals surface area contributed by atoms with Crippen LogP contribution in [0.15, 0.2) is 24.3 Å². The summed E-state index contributed by atoms with van der Waals surface area (Å²) in [6, 6.07) is 6.37. The van der Waals surface area contributed by atoms with Gasteiger partial charge < -0.3 is 9.47 Å². The van der Waals surface area contributed by atoms with Gasteiger partial charge in [-0.2, -0.15) is 0 Å². The van der Waals surface area contributed by atoms with Crippen LogP contribution in [0, 0.1) is 5.41 Å². The van der Waals surface area contributed by atoms with Crippen LogP contribution in [0.3, 0.4) is 0 Å². The first-order chi connectivity index (χ1) is 9.87. The smallest absolute Gasteiger partial charge is 0.328 e. The summed E-state index contributed by atoms with van der Waals surface area (Å²) in [6.45, 7) is 5.38. The lowest BCUT2D eigenvalue weighted by Crippen LogP contribution is -2.38. The molecule has 0 spiro atoms. The second kappa shape index (κ2) is 8.03. The quantitative estimate of drug-likeness (QED) is 0.330. The van der Waals surface area contributed by atoms with Crippen LogP contribution < -0.4 is 4.74 Å². The fourth-order valence-electron chi connectivity index (χ4n) is 1.52. The lowest BCUT2D eigenvalue weighted by Gasteiger charge is -2.20. The van der Waals surface area contributed by atoms with E-state index in [2.05, 4.69) is 6.92 Å². The summed E-state index contributed by atoms with van der Waals surface area (Å²) < 4.78 is 10.3. The van der Waals surface area contributed by atoms with E-state index < -0.39 is 17.4 Å². The molecular weight excluding hydrogens is 292 g/mol. The van der Waals surface area contributed by atoms with Gasteiger partial charge in [-0.05, 0) is 44.5 Å². The molecule has 0 N–H and O–H groups in total. The van der Waals surface area contributed by atoms with Crippen molar-refractivity contribution in [2.45, 2.75) is 40.0 Å². The van der Waals surface area contributed by atoms with E-state index in [9.17, 15) is 9.59 Å². The summed E-state index contributed by atoms with van der Waals surface area (Å²) in [7, 11) is 0. The van der Waals surface area contributed by atoms with Gasteiger partial charge in [-0.1, -0.05) is 31.4 Å². The lowest BCUT2D eigenvalue weighted by molar-refractivity contribution is -0.164. The summed E-state index contributed by atoms with van der Waals surface area (Å²) in [6.07, 6.45) is 2.83. The van der Waals surface area contributed by atoms with Crippen LogP contribution in [0.5, 0.6) is 5.75 Å². The van der Waals surface area contributed by atoms with Crippen molar-refractivity contribution in [2.24, 2.45) is 5.41 Å². The highest BCUT2D eigenvalue weighted by Crippen LogP contribution is 2.23. The van der Waals surface area contributed by atoms with E-state index in [-0.39, 0.29) is 0 Å². The Hall–Kier alpha value is -1.55. The molecule has 0 saturated heterocycles. The number of carbonyl (C=O) groups excluding carboxylic acids is 2. The molecule has 0 atom stereocenters. The molecule has 5 heteroatoms. The molecule has 21 heavy (non-hydrogen) atoms. The average Bonchev–Trinajstić information content (AvgIpc) is 2.45. The van der Waals surface area contributed by atoms with E-state index in [0.29, 0.717) is 17.4 Å². The van der Waals surface area contributed by atoms with Crippen molar-refractivity contribution in [3.63, 3.8) is 0 Å². The van der Waals surface area contributed by atoms with E-state index in [1.54, 1.807) is 24.3 Å². The highest BCUT2D eigenvalue weighted by Gasteiger charge is 2.39. The molecule has 0 aliphatic rings. The number of carbonyl (C=O) groups is 2. The van der Waals surface area contributed by atoms with E-state index in [1.165, 1.54) is 13.8 Å². The molecule has 0 fully saturated rings. The van der Waals surface area contributed by atoms with Crippen molar-refractivity contribution in [2.75, 3.05) is 6.61 Å². The molecular formula is C16H21ClO4. The maximum Gasteiger partial charge on any atom is 0.328 e. The van der Waals surface area contributed by atoms with Crippen molar-refractivity contribution < 1.29 is 19.1 Å². The predicted octanol–water partition coefficient (Wildman–Crippen LogP) is 4.01. The number of hydrogen-bond acceptors (Lipinski definition) is 4. The number of halogens is 1. The Morgan fingerprint density at radius 2 is 1.71 bits per heavy atom. The van der Waals surface area contributed by atoms with Gasteiger partial charge in [-0.3, -0.25) is 9.59 Å². The Labute approximate surface area is 130 Å². The second-order valence-corrected chi connectivity index (χ2v) is 5.75. The zero-order valence-corrected chi connectivity index (χ0v) is 13.4. The van der Waals surface area contributed by atoms with Crippen molar-refractivity contribution in [3.8, 4) is 5.75 Å². The molecule has 0 aromatic heterocycles. The summed E-state index contributed by atoms with van der Waals surface area (Å²) in [5.74, 6) is -0.876. The number of hydrogen-bond donors (Lipinski definition) is 0. The zero-order valence-electron chi connectivity index (χ0n) is 12.6. The number of rotatable bonds is 7. The van der Waals surface area contributed by atoms with Gasteiger partial charge in [0, 0.05) is 5.02 Å². The van der Waals surface area contributed by atoms with Crippen LogP contribution in [-0.2, 0) is 14.3 Å². The molecule has 0 aliphatic carbocycles. The fraction of sp³-hybridized carbons (Fsp3) is 0.500. The van der Waals surface area contributed by atoms with Crippen LogP contribution >= 0.6 is 11.6 Å². The van der Waals surface area contributed by atoms with Gasteiger partial charge >= 0.3 is 11.9 Å². The fourth-order valence-corrected chi connectivity index (χ4v) is 1.64. The number of benzene rings is 1. The van der Waals surface area contributed by atoms with Crippen molar-refractivity contribution in [3.05, 3.63) is 29.3 Å².